The molecule has 1 aliphatic carbocycles. The summed E-state index contributed by atoms with van der Waals surface area (Å²) in [6, 6.07) is -0.442. The van der Waals surface area contributed by atoms with Crippen LogP contribution in [0.5, 0.6) is 0 Å². The van der Waals surface area contributed by atoms with Gasteiger partial charge in [-0.15, -0.1) is 0 Å². The minimum atomic E-state index is -0.462. The first kappa shape index (κ1) is 16.3. The smallest absolute Gasteiger partial charge is 0.244 e. The fourth-order valence-electron chi connectivity index (χ4n) is 3.55. The van der Waals surface area contributed by atoms with Crippen LogP contribution >= 0.6 is 0 Å². The molecule has 2 fully saturated rings. The van der Waals surface area contributed by atoms with E-state index in [1.807, 2.05) is 4.90 Å². The van der Waals surface area contributed by atoms with E-state index >= 15 is 0 Å². The lowest BCUT2D eigenvalue weighted by Gasteiger charge is -2.32. The van der Waals surface area contributed by atoms with Crippen molar-refractivity contribution in [2.24, 2.45) is 11.1 Å². The quantitative estimate of drug-likeness (QED) is 0.770. The standard InChI is InChI=1S/C16H29N3O2/c1-13(14(20)19-10-6-7-11-19)18-15(21)16(12-17)8-4-2-3-5-9-16/h13H,2-12,17H2,1H3,(H,18,21). The molecule has 1 unspecified atom stereocenters. The molecule has 0 aromatic heterocycles. The average molecular weight is 295 g/mol. The lowest BCUT2D eigenvalue weighted by Crippen LogP contribution is -2.53. The summed E-state index contributed by atoms with van der Waals surface area (Å²) in [4.78, 5) is 26.8. The Balaban J connectivity index is 1.96. The highest BCUT2D eigenvalue weighted by atomic mass is 16.2. The number of hydrogen-bond donors (Lipinski definition) is 2. The van der Waals surface area contributed by atoms with Crippen molar-refractivity contribution in [2.45, 2.75) is 64.3 Å². The Morgan fingerprint density at radius 2 is 1.67 bits per heavy atom. The lowest BCUT2D eigenvalue weighted by molar-refractivity contribution is -0.138. The number of nitrogens with two attached hydrogens (primary N) is 1. The van der Waals surface area contributed by atoms with Gasteiger partial charge in [0, 0.05) is 19.6 Å². The number of carbonyl (C=O) groups is 2. The van der Waals surface area contributed by atoms with Crippen LogP contribution in [0.1, 0.15) is 58.3 Å². The summed E-state index contributed by atoms with van der Waals surface area (Å²) in [6.07, 6.45) is 8.30. The number of amides is 2. The highest BCUT2D eigenvalue weighted by molar-refractivity contribution is 5.90. The van der Waals surface area contributed by atoms with Gasteiger partial charge in [0.25, 0.3) is 0 Å². The molecule has 0 spiro atoms. The first-order valence-corrected chi connectivity index (χ1v) is 8.39. The zero-order valence-corrected chi connectivity index (χ0v) is 13.2. The molecule has 1 aliphatic heterocycles. The van der Waals surface area contributed by atoms with Crippen molar-refractivity contribution in [1.82, 2.24) is 10.2 Å². The third-order valence-electron chi connectivity index (χ3n) is 5.07. The van der Waals surface area contributed by atoms with Gasteiger partial charge in [-0.05, 0) is 32.6 Å². The van der Waals surface area contributed by atoms with Gasteiger partial charge in [0.1, 0.15) is 6.04 Å². The maximum atomic E-state index is 12.7. The monoisotopic (exact) mass is 295 g/mol. The minimum absolute atomic E-state index is 0.0213. The predicted octanol–water partition coefficient (Wildman–Crippen LogP) is 1.41. The molecule has 1 atom stereocenters. The van der Waals surface area contributed by atoms with Gasteiger partial charge in [-0.25, -0.2) is 0 Å². The number of rotatable bonds is 4. The highest BCUT2D eigenvalue weighted by Crippen LogP contribution is 2.34. The van der Waals surface area contributed by atoms with Crippen LogP contribution in [0.4, 0.5) is 0 Å². The molecule has 5 nitrogen and oxygen atoms in total. The molecular weight excluding hydrogens is 266 g/mol. The van der Waals surface area contributed by atoms with E-state index < -0.39 is 11.5 Å². The second-order valence-electron chi connectivity index (χ2n) is 6.63. The second kappa shape index (κ2) is 7.25. The van der Waals surface area contributed by atoms with E-state index in [-0.39, 0.29) is 11.8 Å². The Labute approximate surface area is 127 Å². The largest absolute Gasteiger partial charge is 0.344 e. The molecule has 2 amide bonds. The fraction of sp³-hybridized carbons (Fsp3) is 0.875. The minimum Gasteiger partial charge on any atom is -0.344 e. The van der Waals surface area contributed by atoms with E-state index in [4.69, 9.17) is 5.73 Å². The molecule has 0 aromatic carbocycles. The van der Waals surface area contributed by atoms with Crippen LogP contribution in [-0.4, -0.2) is 42.4 Å². The Morgan fingerprint density at radius 3 is 2.19 bits per heavy atom. The Bertz CT molecular complexity index is 370. The highest BCUT2D eigenvalue weighted by Gasteiger charge is 2.38. The van der Waals surface area contributed by atoms with E-state index in [1.165, 1.54) is 12.8 Å². The fourth-order valence-corrected chi connectivity index (χ4v) is 3.55. The topological polar surface area (TPSA) is 75.4 Å². The van der Waals surface area contributed by atoms with Crippen LogP contribution in [0.2, 0.25) is 0 Å². The first-order chi connectivity index (χ1) is 10.1. The summed E-state index contributed by atoms with van der Waals surface area (Å²) in [6.45, 7) is 3.81. The Kier molecular flexibility index (Phi) is 5.62. The molecule has 2 rings (SSSR count). The molecular formula is C16H29N3O2. The second-order valence-corrected chi connectivity index (χ2v) is 6.63. The number of likely N-dealkylation sites (tertiary alicyclic amines) is 1. The lowest BCUT2D eigenvalue weighted by atomic mass is 9.79. The van der Waals surface area contributed by atoms with Crippen molar-refractivity contribution in [3.05, 3.63) is 0 Å². The van der Waals surface area contributed by atoms with Gasteiger partial charge in [-0.1, -0.05) is 25.7 Å². The van der Waals surface area contributed by atoms with Crippen molar-refractivity contribution in [2.75, 3.05) is 19.6 Å². The van der Waals surface area contributed by atoms with Crippen LogP contribution in [0.3, 0.4) is 0 Å². The van der Waals surface area contributed by atoms with E-state index in [0.29, 0.717) is 6.54 Å². The number of nitrogens with zero attached hydrogens (tertiary/aromatic N) is 1. The van der Waals surface area contributed by atoms with Crippen LogP contribution < -0.4 is 11.1 Å². The Morgan fingerprint density at radius 1 is 1.10 bits per heavy atom. The van der Waals surface area contributed by atoms with E-state index in [2.05, 4.69) is 5.32 Å². The molecule has 120 valence electrons. The molecule has 2 aliphatic rings. The number of carbonyl (C=O) groups excluding carboxylic acids is 2. The van der Waals surface area contributed by atoms with E-state index in [0.717, 1.165) is 51.6 Å². The van der Waals surface area contributed by atoms with Crippen molar-refractivity contribution >= 4 is 11.8 Å². The van der Waals surface area contributed by atoms with Gasteiger partial charge in [0.05, 0.1) is 5.41 Å². The number of nitrogens with one attached hydrogen (secondary N) is 1. The maximum Gasteiger partial charge on any atom is 0.244 e. The van der Waals surface area contributed by atoms with Crippen LogP contribution in [-0.2, 0) is 9.59 Å². The summed E-state index contributed by atoms with van der Waals surface area (Å²) in [7, 11) is 0. The van der Waals surface area contributed by atoms with Gasteiger partial charge in [0.15, 0.2) is 0 Å². The summed E-state index contributed by atoms with van der Waals surface area (Å²) in [5, 5.41) is 2.94. The van der Waals surface area contributed by atoms with E-state index in [1.54, 1.807) is 6.92 Å². The zero-order chi connectivity index (χ0) is 15.3. The van der Waals surface area contributed by atoms with Crippen molar-refractivity contribution in [3.8, 4) is 0 Å². The third kappa shape index (κ3) is 3.76. The van der Waals surface area contributed by atoms with Crippen LogP contribution in [0.25, 0.3) is 0 Å². The van der Waals surface area contributed by atoms with Crippen LogP contribution in [0, 0.1) is 5.41 Å². The predicted molar refractivity (Wildman–Crippen MR) is 82.6 cm³/mol. The molecule has 3 N–H and O–H groups in total. The van der Waals surface area contributed by atoms with Gasteiger partial charge in [-0.2, -0.15) is 0 Å². The molecule has 1 saturated heterocycles. The summed E-state index contributed by atoms with van der Waals surface area (Å²) < 4.78 is 0. The molecule has 0 radical (unpaired) electrons. The third-order valence-corrected chi connectivity index (χ3v) is 5.07. The molecule has 21 heavy (non-hydrogen) atoms. The Hall–Kier alpha value is -1.10. The molecule has 5 heteroatoms. The van der Waals surface area contributed by atoms with Gasteiger partial charge in [0.2, 0.25) is 11.8 Å². The van der Waals surface area contributed by atoms with Gasteiger partial charge < -0.3 is 16.0 Å². The molecule has 1 heterocycles. The van der Waals surface area contributed by atoms with Crippen molar-refractivity contribution in [3.63, 3.8) is 0 Å². The van der Waals surface area contributed by atoms with E-state index in [9.17, 15) is 9.59 Å². The van der Waals surface area contributed by atoms with Crippen LogP contribution in [0.15, 0.2) is 0 Å². The SMILES string of the molecule is CC(NC(=O)C1(CN)CCCCCC1)C(=O)N1CCCC1. The summed E-state index contributed by atoms with van der Waals surface area (Å²) >= 11 is 0. The number of hydrogen-bond acceptors (Lipinski definition) is 3. The van der Waals surface area contributed by atoms with Gasteiger partial charge in [-0.3, -0.25) is 9.59 Å². The average Bonchev–Trinajstić information content (AvgIpc) is 2.91. The van der Waals surface area contributed by atoms with Gasteiger partial charge >= 0.3 is 0 Å². The maximum absolute atomic E-state index is 12.7. The first-order valence-electron chi connectivity index (χ1n) is 8.39. The summed E-state index contributed by atoms with van der Waals surface area (Å²) in [5.41, 5.74) is 5.46. The normalized spacial score (nSPS) is 23.4. The van der Waals surface area contributed by atoms with Crippen molar-refractivity contribution < 1.29 is 9.59 Å². The molecule has 1 saturated carbocycles. The zero-order valence-electron chi connectivity index (χ0n) is 13.2. The molecule has 0 bridgehead atoms. The summed E-state index contributed by atoms with van der Waals surface area (Å²) in [5.74, 6) is 0.0218. The van der Waals surface area contributed by atoms with Crippen molar-refractivity contribution in [1.29, 1.82) is 0 Å². The molecule has 0 aromatic rings.